The van der Waals surface area contributed by atoms with Crippen LogP contribution in [0.15, 0.2) is 96.2 Å². The Balaban J connectivity index is 0.00000423. The van der Waals surface area contributed by atoms with E-state index in [1.807, 2.05) is 22.8 Å². The number of aromatic hydroxyl groups is 1. The normalized spacial score (nSPS) is 11.5. The second-order valence-electron chi connectivity index (χ2n) is 10.8. The molecule has 5 aromatic rings. The van der Waals surface area contributed by atoms with Crippen molar-refractivity contribution in [2.75, 3.05) is 0 Å². The zero-order valence-corrected chi connectivity index (χ0v) is 27.1. The molecule has 0 aliphatic heterocycles. The molecule has 1 heterocycles. The second-order valence-corrected chi connectivity index (χ2v) is 10.8. The molecule has 0 radical (unpaired) electrons. The number of rotatable bonds is 7. The van der Waals surface area contributed by atoms with Gasteiger partial charge in [-0.25, -0.2) is 0 Å². The molecule has 2 N–H and O–H groups in total. The molecule has 0 spiro atoms. The molecule has 0 atom stereocenters. The van der Waals surface area contributed by atoms with Crippen LogP contribution in [0.3, 0.4) is 0 Å². The molecule has 0 saturated heterocycles. The molecule has 8 heteroatoms. The molecule has 0 amide bonds. The number of amidine groups is 2. The van der Waals surface area contributed by atoms with Crippen molar-refractivity contribution >= 4 is 17.4 Å². The van der Waals surface area contributed by atoms with E-state index in [0.717, 1.165) is 5.69 Å². The molecule has 4 aromatic carbocycles. The van der Waals surface area contributed by atoms with Crippen LogP contribution < -0.4 is 5.32 Å². The van der Waals surface area contributed by atoms with Crippen LogP contribution in [0.4, 0.5) is 5.69 Å². The maximum absolute atomic E-state index is 10.9. The molecule has 0 saturated carbocycles. The summed E-state index contributed by atoms with van der Waals surface area (Å²) in [4.78, 5) is 4.37. The molecule has 43 heavy (non-hydrogen) atoms. The van der Waals surface area contributed by atoms with Gasteiger partial charge in [0.05, 0.1) is 0 Å². The smallest absolute Gasteiger partial charge is 0.509 e. The molecule has 0 aliphatic carbocycles. The number of aromatic nitrogens is 3. The number of phenolic OH excluding ortho intramolecular Hbond substituents is 1. The van der Waals surface area contributed by atoms with E-state index in [-0.39, 0.29) is 44.5 Å². The fraction of sp³-hybridized carbons (Fsp3) is 0.200. The maximum atomic E-state index is 10.9. The van der Waals surface area contributed by atoms with Gasteiger partial charge < -0.3 is 20.4 Å². The molecule has 5 rings (SSSR count). The molecular weight excluding hydrogens is 716 g/mol. The molecule has 0 bridgehead atoms. The van der Waals surface area contributed by atoms with E-state index < -0.39 is 0 Å². The van der Waals surface area contributed by atoms with Crippen molar-refractivity contribution < 1.29 is 26.2 Å². The van der Waals surface area contributed by atoms with Crippen LogP contribution in [-0.2, 0) is 21.1 Å². The van der Waals surface area contributed by atoms with Gasteiger partial charge in [0.2, 0.25) is 0 Å². The van der Waals surface area contributed by atoms with Gasteiger partial charge in [0, 0.05) is 11.5 Å². The summed E-state index contributed by atoms with van der Waals surface area (Å²) in [6.45, 7) is 10.5. The van der Waals surface area contributed by atoms with Crippen molar-refractivity contribution in [3.05, 3.63) is 119 Å². The summed E-state index contributed by atoms with van der Waals surface area (Å²) in [5.74, 6) is 1.49. The summed E-state index contributed by atoms with van der Waals surface area (Å²) < 4.78 is 2.03. The standard InChI is InChI=1S/C35H34N6O.Pt/c1-22(2)29-19-28(25-12-7-6-8-13-25)20-30(23(3)4)33(29)41-21-37-40-35(41)27-15-11-14-26(18-27)34(36)39-24(5)38-31-16-9-10-17-32(31)42;/h6-17,19-23H,1-5H3,(H2-,36,38,39,42);/q-2;+2. The number of phenols is 1. The van der Waals surface area contributed by atoms with Gasteiger partial charge in [-0.2, -0.15) is 5.10 Å². The van der Waals surface area contributed by atoms with Crippen molar-refractivity contribution in [1.29, 1.82) is 0 Å². The maximum Gasteiger partial charge on any atom is 2.00 e. The molecule has 0 unspecified atom stereocenters. The Kier molecular flexibility index (Phi) is 10.1. The Bertz CT molecular complexity index is 1730. The number of hydrogen-bond acceptors (Lipinski definition) is 4. The molecule has 7 nitrogen and oxygen atoms in total. The van der Waals surface area contributed by atoms with Gasteiger partial charge in [0.25, 0.3) is 0 Å². The summed E-state index contributed by atoms with van der Waals surface area (Å²) >= 11 is 0. The fourth-order valence-electron chi connectivity index (χ4n) is 4.96. The van der Waals surface area contributed by atoms with Gasteiger partial charge in [-0.1, -0.05) is 75.7 Å². The third-order valence-electron chi connectivity index (χ3n) is 7.07. The Labute approximate surface area is 267 Å². The Morgan fingerprint density at radius 3 is 2.19 bits per heavy atom. The van der Waals surface area contributed by atoms with E-state index in [9.17, 15) is 10.5 Å². The fourth-order valence-corrected chi connectivity index (χ4v) is 4.96. The Morgan fingerprint density at radius 2 is 1.53 bits per heavy atom. The van der Waals surface area contributed by atoms with Crippen LogP contribution >= 0.6 is 0 Å². The van der Waals surface area contributed by atoms with Crippen LogP contribution in [0.1, 0.15) is 63.1 Å². The average Bonchev–Trinajstić information content (AvgIpc) is 3.48. The summed E-state index contributed by atoms with van der Waals surface area (Å²) in [5, 5.41) is 32.6. The molecule has 1 aromatic heterocycles. The van der Waals surface area contributed by atoms with E-state index in [1.165, 1.54) is 22.3 Å². The first-order chi connectivity index (χ1) is 20.2. The largest absolute Gasteiger partial charge is 2.00 e. The summed E-state index contributed by atoms with van der Waals surface area (Å²) in [5.41, 5.74) is 7.36. The van der Waals surface area contributed by atoms with E-state index >= 15 is 0 Å². The number of benzene rings is 4. The average molecular weight is 750 g/mol. The minimum atomic E-state index is -0.113. The number of para-hydroxylation sites is 2. The monoisotopic (exact) mass is 749 g/mol. The SMILES string of the molecule is CC(=Nc1ccccc1O)NC(=[N-])c1[c-]c(-c2nncn2-c2c(C(C)C)cc(-c3ccccc3)cc2C(C)C)ccc1.[Pt+2]. The summed E-state index contributed by atoms with van der Waals surface area (Å²) in [6, 6.07) is 30.5. The first kappa shape index (κ1) is 31.6. The van der Waals surface area contributed by atoms with Crippen molar-refractivity contribution in [2.45, 2.75) is 46.5 Å². The molecular formula is C35H34N6OPt. The first-order valence-corrected chi connectivity index (χ1v) is 14.1. The first-order valence-electron chi connectivity index (χ1n) is 14.1. The van der Waals surface area contributed by atoms with Crippen molar-refractivity contribution in [1.82, 2.24) is 20.1 Å². The molecule has 0 fully saturated rings. The van der Waals surface area contributed by atoms with Gasteiger partial charge in [0.1, 0.15) is 23.6 Å². The summed E-state index contributed by atoms with van der Waals surface area (Å²) in [6.07, 6.45) is 1.75. The van der Waals surface area contributed by atoms with E-state index in [0.29, 0.717) is 28.5 Å². The number of hydrogen-bond donors (Lipinski definition) is 2. The van der Waals surface area contributed by atoms with E-state index in [1.54, 1.807) is 43.6 Å². The van der Waals surface area contributed by atoms with Gasteiger partial charge >= 0.3 is 21.1 Å². The Hall–Kier alpha value is -4.35. The summed E-state index contributed by atoms with van der Waals surface area (Å²) in [7, 11) is 0. The molecule has 0 aliphatic rings. The van der Waals surface area contributed by atoms with Crippen LogP contribution in [0.25, 0.3) is 33.6 Å². The van der Waals surface area contributed by atoms with E-state index in [2.05, 4.69) is 90.7 Å². The number of nitrogens with one attached hydrogen (secondary N) is 1. The predicted octanol–water partition coefficient (Wildman–Crippen LogP) is 8.01. The van der Waals surface area contributed by atoms with Crippen LogP contribution in [0.2, 0.25) is 0 Å². The van der Waals surface area contributed by atoms with Crippen molar-refractivity contribution in [3.8, 4) is 34.0 Å². The zero-order valence-electron chi connectivity index (χ0n) is 24.8. The number of nitrogens with zero attached hydrogens (tertiary/aromatic N) is 5. The quantitative estimate of drug-likeness (QED) is 0.100. The minimum absolute atomic E-state index is 0. The third kappa shape index (κ3) is 7.00. The predicted molar refractivity (Wildman–Crippen MR) is 171 cm³/mol. The second kappa shape index (κ2) is 13.7. The van der Waals surface area contributed by atoms with Crippen molar-refractivity contribution in [3.63, 3.8) is 0 Å². The van der Waals surface area contributed by atoms with Gasteiger partial charge in [0.15, 0.2) is 0 Å². The Morgan fingerprint density at radius 1 is 0.884 bits per heavy atom. The number of aliphatic imine (C=N–C) groups is 1. The van der Waals surface area contributed by atoms with Gasteiger partial charge in [-0.15, -0.1) is 40.8 Å². The molecule has 220 valence electrons. The zero-order chi connectivity index (χ0) is 29.8. The van der Waals surface area contributed by atoms with Crippen LogP contribution in [0, 0.1) is 6.07 Å². The van der Waals surface area contributed by atoms with Crippen LogP contribution in [0.5, 0.6) is 5.75 Å². The third-order valence-corrected chi connectivity index (χ3v) is 7.07. The van der Waals surface area contributed by atoms with Gasteiger partial charge in [-0.05, 0) is 65.3 Å². The minimum Gasteiger partial charge on any atom is -0.509 e. The van der Waals surface area contributed by atoms with Gasteiger partial charge in [-0.3, -0.25) is 4.99 Å². The van der Waals surface area contributed by atoms with Crippen molar-refractivity contribution in [2.24, 2.45) is 4.99 Å². The topological polar surface area (TPSA) is 97.6 Å². The van der Waals surface area contributed by atoms with E-state index in [4.69, 9.17) is 0 Å². The van der Waals surface area contributed by atoms with Crippen LogP contribution in [-0.4, -0.2) is 31.5 Å².